The molecular formula is C23H19F3N4O. The molecule has 0 aliphatic heterocycles. The van der Waals surface area contributed by atoms with E-state index in [-0.39, 0.29) is 5.69 Å². The molecule has 0 saturated heterocycles. The van der Waals surface area contributed by atoms with Crippen molar-refractivity contribution in [3.63, 3.8) is 0 Å². The number of halogens is 3. The second kappa shape index (κ2) is 8.14. The largest absolute Gasteiger partial charge is 0.416 e. The summed E-state index contributed by atoms with van der Waals surface area (Å²) in [5.41, 5.74) is 2.89. The summed E-state index contributed by atoms with van der Waals surface area (Å²) in [5, 5.41) is 5.10. The number of amides is 2. The van der Waals surface area contributed by atoms with Crippen molar-refractivity contribution in [2.45, 2.75) is 19.6 Å². The first kappa shape index (κ1) is 20.5. The van der Waals surface area contributed by atoms with Gasteiger partial charge in [0.25, 0.3) is 0 Å². The van der Waals surface area contributed by atoms with Gasteiger partial charge in [0.1, 0.15) is 0 Å². The number of aryl methyl sites for hydroxylation is 1. The molecule has 1 aromatic heterocycles. The van der Waals surface area contributed by atoms with Crippen LogP contribution in [-0.4, -0.2) is 15.6 Å². The number of carbonyl (C=O) groups excluding carboxylic acids is 1. The number of fused-ring (bicyclic) bond motifs is 1. The lowest BCUT2D eigenvalue weighted by Crippen LogP contribution is -2.22. The Labute approximate surface area is 176 Å². The number of rotatable bonds is 4. The Balaban J connectivity index is 1.59. The van der Waals surface area contributed by atoms with Crippen molar-refractivity contribution in [2.75, 3.05) is 10.6 Å². The summed E-state index contributed by atoms with van der Waals surface area (Å²) in [6.07, 6.45) is -4.49. The molecule has 2 N–H and O–H groups in total. The number of urea groups is 1. The molecule has 0 radical (unpaired) electrons. The second-order valence-corrected chi connectivity index (χ2v) is 7.15. The van der Waals surface area contributed by atoms with Gasteiger partial charge in [-0.05, 0) is 42.8 Å². The minimum absolute atomic E-state index is 0.0357. The zero-order chi connectivity index (χ0) is 22.0. The molecule has 3 aromatic carbocycles. The zero-order valence-electron chi connectivity index (χ0n) is 16.6. The number of carbonyl (C=O) groups is 1. The molecule has 1 heterocycles. The number of alkyl halides is 3. The number of benzene rings is 3. The minimum atomic E-state index is -4.49. The lowest BCUT2D eigenvalue weighted by atomic mass is 10.1. The molecule has 8 heteroatoms. The number of imidazole rings is 1. The van der Waals surface area contributed by atoms with Gasteiger partial charge in [-0.3, -0.25) is 5.32 Å². The molecule has 4 aromatic rings. The molecule has 0 aliphatic rings. The summed E-state index contributed by atoms with van der Waals surface area (Å²) in [7, 11) is 0. The third kappa shape index (κ3) is 4.69. The summed E-state index contributed by atoms with van der Waals surface area (Å²) >= 11 is 0. The molecule has 0 bridgehead atoms. The van der Waals surface area contributed by atoms with Crippen LogP contribution in [0.15, 0.2) is 72.8 Å². The monoisotopic (exact) mass is 424 g/mol. The summed E-state index contributed by atoms with van der Waals surface area (Å²) in [6, 6.07) is 19.2. The fraction of sp³-hybridized carbons (Fsp3) is 0.130. The van der Waals surface area contributed by atoms with Crippen LogP contribution in [0.5, 0.6) is 0 Å². The van der Waals surface area contributed by atoms with Gasteiger partial charge < -0.3 is 9.88 Å². The molecule has 158 valence electrons. The van der Waals surface area contributed by atoms with Gasteiger partial charge in [-0.15, -0.1) is 0 Å². The van der Waals surface area contributed by atoms with Gasteiger partial charge in [-0.2, -0.15) is 13.2 Å². The summed E-state index contributed by atoms with van der Waals surface area (Å²) in [4.78, 5) is 17.0. The molecule has 0 fully saturated rings. The fourth-order valence-corrected chi connectivity index (χ4v) is 3.24. The standard InChI is InChI=1S/C23H19F3N4O/c1-15-9-11-16(12-10-15)14-30-20-8-3-2-7-19(20)28-21(30)29-22(31)27-18-6-4-5-17(13-18)23(24,25)26/h2-13H,14H2,1H3,(H2,27,28,29,31). The maximum absolute atomic E-state index is 12.9. The third-order valence-electron chi connectivity index (χ3n) is 4.79. The molecule has 0 atom stereocenters. The van der Waals surface area contributed by atoms with Crippen molar-refractivity contribution >= 4 is 28.7 Å². The van der Waals surface area contributed by atoms with Crippen LogP contribution in [0.25, 0.3) is 11.0 Å². The van der Waals surface area contributed by atoms with E-state index in [9.17, 15) is 18.0 Å². The quantitative estimate of drug-likeness (QED) is 0.419. The van der Waals surface area contributed by atoms with Crippen LogP contribution in [0, 0.1) is 6.92 Å². The van der Waals surface area contributed by atoms with Crippen LogP contribution in [0.2, 0.25) is 0 Å². The van der Waals surface area contributed by atoms with Crippen LogP contribution in [0.3, 0.4) is 0 Å². The third-order valence-corrected chi connectivity index (χ3v) is 4.79. The van der Waals surface area contributed by atoms with Gasteiger partial charge in [-0.1, -0.05) is 48.0 Å². The normalized spacial score (nSPS) is 11.5. The predicted octanol–water partition coefficient (Wildman–Crippen LogP) is 6.06. The van der Waals surface area contributed by atoms with Crippen molar-refractivity contribution < 1.29 is 18.0 Å². The SMILES string of the molecule is Cc1ccc(Cn2c(NC(=O)Nc3cccc(C(F)(F)F)c3)nc3ccccc32)cc1. The Morgan fingerprint density at radius 2 is 1.71 bits per heavy atom. The van der Waals surface area contributed by atoms with Crippen molar-refractivity contribution in [3.8, 4) is 0 Å². The molecule has 2 amide bonds. The van der Waals surface area contributed by atoms with Gasteiger partial charge in [-0.25, -0.2) is 9.78 Å². The molecule has 0 saturated carbocycles. The summed E-state index contributed by atoms with van der Waals surface area (Å²) < 4.78 is 40.6. The second-order valence-electron chi connectivity index (χ2n) is 7.15. The van der Waals surface area contributed by atoms with Crippen LogP contribution in [0.1, 0.15) is 16.7 Å². The highest BCUT2D eigenvalue weighted by Crippen LogP contribution is 2.30. The topological polar surface area (TPSA) is 59.0 Å². The van der Waals surface area contributed by atoms with Crippen LogP contribution >= 0.6 is 0 Å². The van der Waals surface area contributed by atoms with Crippen LogP contribution in [-0.2, 0) is 12.7 Å². The van der Waals surface area contributed by atoms with E-state index in [1.165, 1.54) is 12.1 Å². The molecular weight excluding hydrogens is 405 g/mol. The number of para-hydroxylation sites is 2. The maximum Gasteiger partial charge on any atom is 0.416 e. The number of aromatic nitrogens is 2. The van der Waals surface area contributed by atoms with E-state index in [4.69, 9.17) is 0 Å². The van der Waals surface area contributed by atoms with Gasteiger partial charge >= 0.3 is 12.2 Å². The Morgan fingerprint density at radius 3 is 2.45 bits per heavy atom. The van der Waals surface area contributed by atoms with E-state index >= 15 is 0 Å². The summed E-state index contributed by atoms with van der Waals surface area (Å²) in [6.45, 7) is 2.47. The first-order valence-corrected chi connectivity index (χ1v) is 9.56. The molecule has 5 nitrogen and oxygen atoms in total. The van der Waals surface area contributed by atoms with Gasteiger partial charge in [0.15, 0.2) is 0 Å². The first-order chi connectivity index (χ1) is 14.8. The van der Waals surface area contributed by atoms with Gasteiger partial charge in [0, 0.05) is 5.69 Å². The summed E-state index contributed by atoms with van der Waals surface area (Å²) in [5.74, 6) is 0.297. The van der Waals surface area contributed by atoms with E-state index in [0.717, 1.165) is 28.8 Å². The van der Waals surface area contributed by atoms with E-state index in [1.807, 2.05) is 60.0 Å². The number of nitrogens with zero attached hydrogens (tertiary/aromatic N) is 2. The highest BCUT2D eigenvalue weighted by molar-refractivity contribution is 5.99. The molecule has 0 aliphatic carbocycles. The maximum atomic E-state index is 12.9. The van der Waals surface area contributed by atoms with E-state index in [0.29, 0.717) is 18.0 Å². The average molecular weight is 424 g/mol. The number of anilines is 2. The van der Waals surface area contributed by atoms with E-state index < -0.39 is 17.8 Å². The van der Waals surface area contributed by atoms with E-state index in [2.05, 4.69) is 15.6 Å². The highest BCUT2D eigenvalue weighted by Gasteiger charge is 2.30. The molecule has 31 heavy (non-hydrogen) atoms. The highest BCUT2D eigenvalue weighted by atomic mass is 19.4. The van der Waals surface area contributed by atoms with Crippen molar-refractivity contribution in [1.82, 2.24) is 9.55 Å². The Bertz CT molecular complexity index is 1230. The van der Waals surface area contributed by atoms with Crippen molar-refractivity contribution in [2.24, 2.45) is 0 Å². The number of nitrogens with one attached hydrogen (secondary N) is 2. The minimum Gasteiger partial charge on any atom is -0.308 e. The predicted molar refractivity (Wildman–Crippen MR) is 114 cm³/mol. The average Bonchev–Trinajstić information content (AvgIpc) is 3.06. The molecule has 4 rings (SSSR count). The Hall–Kier alpha value is -3.81. The van der Waals surface area contributed by atoms with Crippen molar-refractivity contribution in [1.29, 1.82) is 0 Å². The zero-order valence-corrected chi connectivity index (χ0v) is 16.6. The number of hydrogen-bond acceptors (Lipinski definition) is 2. The Kier molecular flexibility index (Phi) is 5.37. The Morgan fingerprint density at radius 1 is 0.968 bits per heavy atom. The smallest absolute Gasteiger partial charge is 0.308 e. The van der Waals surface area contributed by atoms with Crippen LogP contribution in [0.4, 0.5) is 29.6 Å². The van der Waals surface area contributed by atoms with Gasteiger partial charge in [0.2, 0.25) is 5.95 Å². The lowest BCUT2D eigenvalue weighted by molar-refractivity contribution is -0.137. The van der Waals surface area contributed by atoms with E-state index in [1.54, 1.807) is 0 Å². The lowest BCUT2D eigenvalue weighted by Gasteiger charge is -2.12. The number of hydrogen-bond donors (Lipinski definition) is 2. The molecule has 0 spiro atoms. The van der Waals surface area contributed by atoms with Crippen LogP contribution < -0.4 is 10.6 Å². The fourth-order valence-electron chi connectivity index (χ4n) is 3.24. The van der Waals surface area contributed by atoms with Crippen molar-refractivity contribution in [3.05, 3.63) is 89.5 Å². The first-order valence-electron chi connectivity index (χ1n) is 9.56. The van der Waals surface area contributed by atoms with Gasteiger partial charge in [0.05, 0.1) is 23.1 Å². The molecule has 0 unspecified atom stereocenters.